The summed E-state index contributed by atoms with van der Waals surface area (Å²) >= 11 is 0. The molecule has 0 atom stereocenters. The first-order valence-corrected chi connectivity index (χ1v) is 8.82. The normalized spacial score (nSPS) is 11.0. The first kappa shape index (κ1) is 17.0. The molecule has 6 heteroatoms. The van der Waals surface area contributed by atoms with Gasteiger partial charge in [0, 0.05) is 19.8 Å². The predicted molar refractivity (Wildman–Crippen MR) is 103 cm³/mol. The minimum absolute atomic E-state index is 0.0361. The third kappa shape index (κ3) is 3.46. The average molecular weight is 360 g/mol. The van der Waals surface area contributed by atoms with E-state index in [9.17, 15) is 4.79 Å². The lowest BCUT2D eigenvalue weighted by Crippen LogP contribution is -2.29. The number of carbonyl (C=O) groups is 1. The molecule has 1 amide bonds. The van der Waals surface area contributed by atoms with Crippen molar-refractivity contribution in [1.82, 2.24) is 19.5 Å². The van der Waals surface area contributed by atoms with E-state index in [0.717, 1.165) is 12.0 Å². The SMILES string of the molecule is Cc1cc(C(=O)N(C)CCc2ccccc2)cn2nc(-c3ccco3)nc12. The lowest BCUT2D eigenvalue weighted by atomic mass is 10.1. The summed E-state index contributed by atoms with van der Waals surface area (Å²) in [4.78, 5) is 19.1. The van der Waals surface area contributed by atoms with E-state index in [1.54, 1.807) is 27.9 Å². The Morgan fingerprint density at radius 1 is 1.19 bits per heavy atom. The summed E-state index contributed by atoms with van der Waals surface area (Å²) < 4.78 is 7.01. The van der Waals surface area contributed by atoms with Crippen molar-refractivity contribution in [2.45, 2.75) is 13.3 Å². The van der Waals surface area contributed by atoms with E-state index in [0.29, 0.717) is 29.3 Å². The van der Waals surface area contributed by atoms with Crippen LogP contribution in [0.2, 0.25) is 0 Å². The van der Waals surface area contributed by atoms with Crippen LogP contribution < -0.4 is 0 Å². The highest BCUT2D eigenvalue weighted by atomic mass is 16.3. The Bertz CT molecular complexity index is 1070. The molecule has 4 aromatic rings. The summed E-state index contributed by atoms with van der Waals surface area (Å²) in [6.45, 7) is 2.58. The van der Waals surface area contributed by atoms with Gasteiger partial charge in [-0.05, 0) is 42.7 Å². The number of carbonyl (C=O) groups excluding carboxylic acids is 1. The Morgan fingerprint density at radius 2 is 2.00 bits per heavy atom. The number of aryl methyl sites for hydroxylation is 1. The summed E-state index contributed by atoms with van der Waals surface area (Å²) in [6, 6.07) is 15.6. The van der Waals surface area contributed by atoms with Crippen molar-refractivity contribution in [3.63, 3.8) is 0 Å². The van der Waals surface area contributed by atoms with Crippen LogP contribution in [-0.2, 0) is 6.42 Å². The highest BCUT2D eigenvalue weighted by molar-refractivity contribution is 5.94. The fourth-order valence-electron chi connectivity index (χ4n) is 3.04. The molecule has 0 radical (unpaired) electrons. The Hall–Kier alpha value is -3.41. The average Bonchev–Trinajstić information content (AvgIpc) is 3.35. The Kier molecular flexibility index (Phi) is 4.46. The van der Waals surface area contributed by atoms with Gasteiger partial charge < -0.3 is 9.32 Å². The van der Waals surface area contributed by atoms with Gasteiger partial charge in [-0.2, -0.15) is 0 Å². The maximum absolute atomic E-state index is 12.8. The molecule has 0 spiro atoms. The Morgan fingerprint density at radius 3 is 2.74 bits per heavy atom. The van der Waals surface area contributed by atoms with E-state index in [-0.39, 0.29) is 5.91 Å². The number of benzene rings is 1. The number of likely N-dealkylation sites (N-methyl/N-ethyl adjacent to an activating group) is 1. The molecular weight excluding hydrogens is 340 g/mol. The molecule has 0 N–H and O–H groups in total. The van der Waals surface area contributed by atoms with Crippen molar-refractivity contribution in [2.24, 2.45) is 0 Å². The van der Waals surface area contributed by atoms with Gasteiger partial charge in [-0.1, -0.05) is 30.3 Å². The fraction of sp³-hybridized carbons (Fsp3) is 0.190. The number of pyridine rings is 1. The minimum Gasteiger partial charge on any atom is -0.461 e. The zero-order valence-electron chi connectivity index (χ0n) is 15.3. The third-order valence-electron chi connectivity index (χ3n) is 4.53. The van der Waals surface area contributed by atoms with Crippen LogP contribution in [0.1, 0.15) is 21.5 Å². The maximum Gasteiger partial charge on any atom is 0.255 e. The first-order valence-electron chi connectivity index (χ1n) is 8.82. The number of rotatable bonds is 5. The number of nitrogens with zero attached hydrogens (tertiary/aromatic N) is 4. The van der Waals surface area contributed by atoms with E-state index < -0.39 is 0 Å². The monoisotopic (exact) mass is 360 g/mol. The van der Waals surface area contributed by atoms with Gasteiger partial charge in [0.2, 0.25) is 5.82 Å². The molecule has 4 rings (SSSR count). The van der Waals surface area contributed by atoms with Crippen LogP contribution in [0.4, 0.5) is 0 Å². The lowest BCUT2D eigenvalue weighted by Gasteiger charge is -2.17. The molecule has 27 heavy (non-hydrogen) atoms. The number of hydrogen-bond acceptors (Lipinski definition) is 4. The van der Waals surface area contributed by atoms with Crippen LogP contribution >= 0.6 is 0 Å². The molecule has 0 aliphatic rings. The van der Waals surface area contributed by atoms with Crippen molar-refractivity contribution >= 4 is 11.6 Å². The molecule has 0 bridgehead atoms. The van der Waals surface area contributed by atoms with Crippen molar-refractivity contribution < 1.29 is 9.21 Å². The van der Waals surface area contributed by atoms with Crippen LogP contribution in [0.3, 0.4) is 0 Å². The largest absolute Gasteiger partial charge is 0.461 e. The second kappa shape index (κ2) is 7.07. The zero-order chi connectivity index (χ0) is 18.8. The molecule has 6 nitrogen and oxygen atoms in total. The van der Waals surface area contributed by atoms with Gasteiger partial charge in [-0.3, -0.25) is 4.79 Å². The molecule has 1 aromatic carbocycles. The minimum atomic E-state index is -0.0361. The fourth-order valence-corrected chi connectivity index (χ4v) is 3.04. The number of fused-ring (bicyclic) bond motifs is 1. The predicted octanol–water partition coefficient (Wildman–Crippen LogP) is 3.61. The molecule has 3 aromatic heterocycles. The highest BCUT2D eigenvalue weighted by Crippen LogP contribution is 2.19. The smallest absolute Gasteiger partial charge is 0.255 e. The van der Waals surface area contributed by atoms with E-state index >= 15 is 0 Å². The van der Waals surface area contributed by atoms with Gasteiger partial charge in [0.1, 0.15) is 0 Å². The number of amides is 1. The first-order chi connectivity index (χ1) is 13.1. The third-order valence-corrected chi connectivity index (χ3v) is 4.53. The summed E-state index contributed by atoms with van der Waals surface area (Å²) in [7, 11) is 1.82. The summed E-state index contributed by atoms with van der Waals surface area (Å²) in [6.07, 6.45) is 4.13. The Labute approximate surface area is 157 Å². The molecule has 0 unspecified atom stereocenters. The van der Waals surface area contributed by atoms with Crippen molar-refractivity contribution in [2.75, 3.05) is 13.6 Å². The van der Waals surface area contributed by atoms with Crippen LogP contribution in [-0.4, -0.2) is 39.0 Å². The van der Waals surface area contributed by atoms with Crippen molar-refractivity contribution in [3.05, 3.63) is 77.7 Å². The van der Waals surface area contributed by atoms with E-state index in [4.69, 9.17) is 4.42 Å². The molecule has 0 aliphatic heterocycles. The topological polar surface area (TPSA) is 63.6 Å². The van der Waals surface area contributed by atoms with Gasteiger partial charge in [-0.15, -0.1) is 5.10 Å². The van der Waals surface area contributed by atoms with Crippen molar-refractivity contribution in [3.8, 4) is 11.6 Å². The molecular formula is C21H20N4O2. The highest BCUT2D eigenvalue weighted by Gasteiger charge is 2.16. The van der Waals surface area contributed by atoms with Crippen LogP contribution in [0.5, 0.6) is 0 Å². The van der Waals surface area contributed by atoms with E-state index in [1.165, 1.54) is 5.56 Å². The second-order valence-corrected chi connectivity index (χ2v) is 6.55. The van der Waals surface area contributed by atoms with Gasteiger partial charge in [0.25, 0.3) is 5.91 Å². The van der Waals surface area contributed by atoms with Gasteiger partial charge in [0.05, 0.1) is 11.8 Å². The summed E-state index contributed by atoms with van der Waals surface area (Å²) in [5, 5.41) is 4.45. The molecule has 0 aliphatic carbocycles. The van der Waals surface area contributed by atoms with E-state index in [2.05, 4.69) is 22.2 Å². The number of hydrogen-bond donors (Lipinski definition) is 0. The summed E-state index contributed by atoms with van der Waals surface area (Å²) in [5.41, 5.74) is 3.40. The maximum atomic E-state index is 12.8. The van der Waals surface area contributed by atoms with Crippen molar-refractivity contribution in [1.29, 1.82) is 0 Å². The van der Waals surface area contributed by atoms with E-state index in [1.807, 2.05) is 44.3 Å². The van der Waals surface area contributed by atoms with Gasteiger partial charge in [-0.25, -0.2) is 9.50 Å². The van der Waals surface area contributed by atoms with Gasteiger partial charge >= 0.3 is 0 Å². The Balaban J connectivity index is 1.56. The quantitative estimate of drug-likeness (QED) is 0.545. The summed E-state index contributed by atoms with van der Waals surface area (Å²) in [5.74, 6) is 1.07. The molecule has 0 fully saturated rings. The number of aromatic nitrogens is 3. The van der Waals surface area contributed by atoms with Crippen LogP contribution in [0.15, 0.2) is 65.4 Å². The molecule has 0 saturated heterocycles. The molecule has 3 heterocycles. The lowest BCUT2D eigenvalue weighted by molar-refractivity contribution is 0.0796. The standard InChI is InChI=1S/C21H20N4O2/c1-15-13-17(21(26)24(2)11-10-16-7-4-3-5-8-16)14-25-20(15)22-19(23-25)18-9-6-12-27-18/h3-9,12-14H,10-11H2,1-2H3. The number of furan rings is 1. The molecule has 136 valence electrons. The van der Waals surface area contributed by atoms with Gasteiger partial charge in [0.15, 0.2) is 11.4 Å². The second-order valence-electron chi connectivity index (χ2n) is 6.55. The van der Waals surface area contributed by atoms with Crippen LogP contribution in [0, 0.1) is 6.92 Å². The molecule has 0 saturated carbocycles. The zero-order valence-corrected chi connectivity index (χ0v) is 15.3. The van der Waals surface area contributed by atoms with Crippen LogP contribution in [0.25, 0.3) is 17.2 Å².